The average molecular weight is 225 g/mol. The summed E-state index contributed by atoms with van der Waals surface area (Å²) in [4.78, 5) is 1.06. The molecule has 3 atom stereocenters. The summed E-state index contributed by atoms with van der Waals surface area (Å²) in [6.45, 7) is 3.00. The lowest BCUT2D eigenvalue weighted by Crippen LogP contribution is -2.30. The Kier molecular flexibility index (Phi) is 3.78. The molecule has 2 nitrogen and oxygen atoms in total. The second kappa shape index (κ2) is 5.10. The van der Waals surface area contributed by atoms with E-state index in [0.717, 1.165) is 10.8 Å². The topological polar surface area (TPSA) is 32.3 Å². The van der Waals surface area contributed by atoms with Crippen LogP contribution in [0.1, 0.15) is 37.2 Å². The largest absolute Gasteiger partial charge is 0.386 e. The lowest BCUT2D eigenvalue weighted by molar-refractivity contribution is 0.173. The van der Waals surface area contributed by atoms with Crippen molar-refractivity contribution in [2.75, 3.05) is 6.54 Å². The van der Waals surface area contributed by atoms with E-state index in [0.29, 0.717) is 12.6 Å². The van der Waals surface area contributed by atoms with Crippen LogP contribution in [0.5, 0.6) is 0 Å². The van der Waals surface area contributed by atoms with Gasteiger partial charge in [0, 0.05) is 17.5 Å². The Balaban J connectivity index is 1.74. The summed E-state index contributed by atoms with van der Waals surface area (Å²) < 4.78 is 0. The summed E-state index contributed by atoms with van der Waals surface area (Å²) in [5, 5.41) is 15.4. The first-order valence-electron chi connectivity index (χ1n) is 5.70. The predicted molar refractivity (Wildman–Crippen MR) is 64.1 cm³/mol. The Morgan fingerprint density at radius 3 is 3.07 bits per heavy atom. The van der Waals surface area contributed by atoms with Gasteiger partial charge >= 0.3 is 0 Å². The van der Waals surface area contributed by atoms with Gasteiger partial charge < -0.3 is 10.4 Å². The first-order valence-corrected chi connectivity index (χ1v) is 6.58. The Bertz CT molecular complexity index is 286. The SMILES string of the molecule is CC1CCC(NCC(O)c2cccs2)C1. The molecule has 0 saturated heterocycles. The van der Waals surface area contributed by atoms with Crippen LogP contribution in [-0.4, -0.2) is 17.7 Å². The molecule has 1 heterocycles. The summed E-state index contributed by atoms with van der Waals surface area (Å²) in [6.07, 6.45) is 3.52. The highest BCUT2D eigenvalue weighted by Crippen LogP contribution is 2.25. The third kappa shape index (κ3) is 3.03. The van der Waals surface area contributed by atoms with Crippen molar-refractivity contribution in [3.05, 3.63) is 22.4 Å². The second-order valence-corrected chi connectivity index (χ2v) is 5.53. The van der Waals surface area contributed by atoms with Gasteiger partial charge in [-0.1, -0.05) is 13.0 Å². The first kappa shape index (κ1) is 11.1. The van der Waals surface area contributed by atoms with Crippen molar-refractivity contribution in [1.82, 2.24) is 5.32 Å². The van der Waals surface area contributed by atoms with Crippen LogP contribution in [0.3, 0.4) is 0 Å². The van der Waals surface area contributed by atoms with Crippen LogP contribution in [0.4, 0.5) is 0 Å². The highest BCUT2D eigenvalue weighted by atomic mass is 32.1. The number of rotatable bonds is 4. The molecule has 2 N–H and O–H groups in total. The zero-order valence-electron chi connectivity index (χ0n) is 9.15. The van der Waals surface area contributed by atoms with Gasteiger partial charge in [0.2, 0.25) is 0 Å². The minimum absolute atomic E-state index is 0.332. The van der Waals surface area contributed by atoms with Crippen molar-refractivity contribution < 1.29 is 5.11 Å². The number of hydrogen-bond acceptors (Lipinski definition) is 3. The first-order chi connectivity index (χ1) is 7.25. The van der Waals surface area contributed by atoms with Gasteiger partial charge in [-0.3, -0.25) is 0 Å². The zero-order valence-corrected chi connectivity index (χ0v) is 9.96. The number of aliphatic hydroxyl groups is 1. The molecule has 1 saturated carbocycles. The quantitative estimate of drug-likeness (QED) is 0.825. The van der Waals surface area contributed by atoms with Gasteiger partial charge in [0.25, 0.3) is 0 Å². The van der Waals surface area contributed by atoms with Crippen LogP contribution >= 0.6 is 11.3 Å². The molecule has 0 aromatic carbocycles. The van der Waals surface area contributed by atoms with E-state index < -0.39 is 0 Å². The van der Waals surface area contributed by atoms with Gasteiger partial charge in [-0.05, 0) is 36.6 Å². The summed E-state index contributed by atoms with van der Waals surface area (Å²) >= 11 is 1.62. The third-order valence-electron chi connectivity index (χ3n) is 3.17. The van der Waals surface area contributed by atoms with Gasteiger partial charge in [-0.25, -0.2) is 0 Å². The van der Waals surface area contributed by atoms with Crippen LogP contribution in [0, 0.1) is 5.92 Å². The average Bonchev–Trinajstić information content (AvgIpc) is 2.84. The minimum Gasteiger partial charge on any atom is -0.386 e. The van der Waals surface area contributed by atoms with Gasteiger partial charge in [-0.15, -0.1) is 11.3 Å². The maximum Gasteiger partial charge on any atom is 0.101 e. The Hall–Kier alpha value is -0.380. The van der Waals surface area contributed by atoms with Crippen molar-refractivity contribution in [2.24, 2.45) is 5.92 Å². The van der Waals surface area contributed by atoms with E-state index in [2.05, 4.69) is 12.2 Å². The Labute approximate surface area is 95.3 Å². The lowest BCUT2D eigenvalue weighted by Gasteiger charge is -2.15. The molecule has 84 valence electrons. The summed E-state index contributed by atoms with van der Waals surface area (Å²) in [5.41, 5.74) is 0. The second-order valence-electron chi connectivity index (χ2n) is 4.55. The minimum atomic E-state index is -0.332. The third-order valence-corrected chi connectivity index (χ3v) is 4.14. The van der Waals surface area contributed by atoms with E-state index in [1.807, 2.05) is 17.5 Å². The number of nitrogens with one attached hydrogen (secondary N) is 1. The summed E-state index contributed by atoms with van der Waals surface area (Å²) in [5.74, 6) is 0.849. The molecule has 3 heteroatoms. The molecular weight excluding hydrogens is 206 g/mol. The molecular formula is C12H19NOS. The van der Waals surface area contributed by atoms with Crippen LogP contribution in [-0.2, 0) is 0 Å². The molecule has 0 bridgehead atoms. The van der Waals surface area contributed by atoms with Crippen molar-refractivity contribution in [2.45, 2.75) is 38.3 Å². The molecule has 0 amide bonds. The molecule has 15 heavy (non-hydrogen) atoms. The maximum absolute atomic E-state index is 9.88. The van der Waals surface area contributed by atoms with Crippen molar-refractivity contribution in [3.63, 3.8) is 0 Å². The number of hydrogen-bond donors (Lipinski definition) is 2. The molecule has 0 radical (unpaired) electrons. The highest BCUT2D eigenvalue weighted by Gasteiger charge is 2.21. The number of thiophene rings is 1. The van der Waals surface area contributed by atoms with Crippen LogP contribution in [0.2, 0.25) is 0 Å². The van der Waals surface area contributed by atoms with E-state index in [4.69, 9.17) is 0 Å². The Morgan fingerprint density at radius 2 is 2.47 bits per heavy atom. The van der Waals surface area contributed by atoms with E-state index >= 15 is 0 Å². The van der Waals surface area contributed by atoms with E-state index in [-0.39, 0.29) is 6.10 Å². The van der Waals surface area contributed by atoms with E-state index in [1.165, 1.54) is 19.3 Å². The smallest absolute Gasteiger partial charge is 0.101 e. The van der Waals surface area contributed by atoms with Crippen LogP contribution in [0.15, 0.2) is 17.5 Å². The molecule has 2 rings (SSSR count). The summed E-state index contributed by atoms with van der Waals surface area (Å²) in [6, 6.07) is 4.60. The standard InChI is InChI=1S/C12H19NOS/c1-9-4-5-10(7-9)13-8-11(14)12-3-2-6-15-12/h2-3,6,9-11,13-14H,4-5,7-8H2,1H3. The van der Waals surface area contributed by atoms with E-state index in [1.54, 1.807) is 11.3 Å². The fourth-order valence-electron chi connectivity index (χ4n) is 2.25. The van der Waals surface area contributed by atoms with Gasteiger partial charge in [0.05, 0.1) is 0 Å². The van der Waals surface area contributed by atoms with Gasteiger partial charge in [-0.2, -0.15) is 0 Å². The molecule has 1 aliphatic carbocycles. The van der Waals surface area contributed by atoms with Crippen molar-refractivity contribution in [1.29, 1.82) is 0 Å². The molecule has 1 aromatic rings. The molecule has 0 spiro atoms. The monoisotopic (exact) mass is 225 g/mol. The normalized spacial score (nSPS) is 28.1. The van der Waals surface area contributed by atoms with Crippen LogP contribution < -0.4 is 5.32 Å². The van der Waals surface area contributed by atoms with Gasteiger partial charge in [0.1, 0.15) is 6.10 Å². The lowest BCUT2D eigenvalue weighted by atomic mass is 10.1. The fourth-order valence-corrected chi connectivity index (χ4v) is 2.96. The summed E-state index contributed by atoms with van der Waals surface area (Å²) in [7, 11) is 0. The molecule has 0 aliphatic heterocycles. The Morgan fingerprint density at radius 1 is 1.60 bits per heavy atom. The van der Waals surface area contributed by atoms with Gasteiger partial charge in [0.15, 0.2) is 0 Å². The molecule has 1 aromatic heterocycles. The maximum atomic E-state index is 9.88. The molecule has 1 fully saturated rings. The van der Waals surface area contributed by atoms with Crippen LogP contribution in [0.25, 0.3) is 0 Å². The van der Waals surface area contributed by atoms with E-state index in [9.17, 15) is 5.11 Å². The number of aliphatic hydroxyl groups excluding tert-OH is 1. The molecule has 3 unspecified atom stereocenters. The molecule has 1 aliphatic rings. The van der Waals surface area contributed by atoms with Crippen molar-refractivity contribution in [3.8, 4) is 0 Å². The fraction of sp³-hybridized carbons (Fsp3) is 0.667. The van der Waals surface area contributed by atoms with Crippen molar-refractivity contribution >= 4 is 11.3 Å². The predicted octanol–water partition coefficient (Wildman–Crippen LogP) is 2.56. The zero-order chi connectivity index (χ0) is 10.7. The highest BCUT2D eigenvalue weighted by molar-refractivity contribution is 7.10.